The number of ether oxygens (including phenoxy) is 1. The molecule has 0 aliphatic heterocycles. The summed E-state index contributed by atoms with van der Waals surface area (Å²) in [6, 6.07) is 1.90. The topological polar surface area (TPSA) is 63.9 Å². The fourth-order valence-electron chi connectivity index (χ4n) is 1.90. The third kappa shape index (κ3) is 1.97. The molecule has 6 heteroatoms. The molecule has 2 aromatic rings. The Morgan fingerprint density at radius 2 is 2.11 bits per heavy atom. The molecule has 0 aliphatic carbocycles. The number of nitrogens with one attached hydrogen (secondary N) is 1. The molecule has 0 radical (unpaired) electrons. The molecule has 3 N–H and O–H groups in total. The zero-order valence-corrected chi connectivity index (χ0v) is 12.6. The van der Waals surface area contributed by atoms with Crippen LogP contribution in [0.15, 0.2) is 10.5 Å². The molecule has 0 aliphatic rings. The molecular weight excluding hydrogens is 318 g/mol. The van der Waals surface area contributed by atoms with Crippen molar-refractivity contribution < 1.29 is 4.74 Å². The molecule has 0 fully saturated rings. The molecule has 96 valence electrons. The molecule has 0 bridgehead atoms. The number of methoxy groups -OCH3 is 1. The van der Waals surface area contributed by atoms with E-state index in [0.717, 1.165) is 28.1 Å². The van der Waals surface area contributed by atoms with Gasteiger partial charge in [-0.2, -0.15) is 5.10 Å². The van der Waals surface area contributed by atoms with Gasteiger partial charge in [0.25, 0.3) is 0 Å². The summed E-state index contributed by atoms with van der Waals surface area (Å²) in [7, 11) is 1.62. The van der Waals surface area contributed by atoms with E-state index >= 15 is 0 Å². The Hall–Kier alpha value is -1.20. The minimum absolute atomic E-state index is 0.406. The predicted molar refractivity (Wildman–Crippen MR) is 77.2 cm³/mol. The SMILES string of the molecule is COc1cc(C)c(Cl)c(C)c1-c1[nH]nc(N)c1Br. The van der Waals surface area contributed by atoms with Crippen molar-refractivity contribution in [2.45, 2.75) is 13.8 Å². The van der Waals surface area contributed by atoms with Crippen molar-refractivity contribution >= 4 is 33.3 Å². The largest absolute Gasteiger partial charge is 0.496 e. The molecule has 1 aromatic heterocycles. The molecule has 4 nitrogen and oxygen atoms in total. The van der Waals surface area contributed by atoms with E-state index in [0.29, 0.717) is 15.3 Å². The highest BCUT2D eigenvalue weighted by atomic mass is 79.9. The van der Waals surface area contributed by atoms with E-state index < -0.39 is 0 Å². The van der Waals surface area contributed by atoms with Crippen LogP contribution < -0.4 is 10.5 Å². The zero-order valence-electron chi connectivity index (χ0n) is 10.3. The predicted octanol–water partition coefficient (Wildman–Crippen LogP) is 3.70. The first-order chi connectivity index (χ1) is 8.47. The fraction of sp³-hybridized carbons (Fsp3) is 0.250. The molecule has 18 heavy (non-hydrogen) atoms. The van der Waals surface area contributed by atoms with Gasteiger partial charge in [-0.15, -0.1) is 0 Å². The third-order valence-corrected chi connectivity index (χ3v) is 4.23. The minimum Gasteiger partial charge on any atom is -0.496 e. The second-order valence-corrected chi connectivity index (χ2v) is 5.18. The Bertz CT molecular complexity index is 610. The van der Waals surface area contributed by atoms with E-state index in [2.05, 4.69) is 26.1 Å². The first-order valence-corrected chi connectivity index (χ1v) is 6.47. The average Bonchev–Trinajstić information content (AvgIpc) is 2.67. The average molecular weight is 331 g/mol. The van der Waals surface area contributed by atoms with Gasteiger partial charge in [-0.25, -0.2) is 0 Å². The molecule has 0 saturated carbocycles. The minimum atomic E-state index is 0.406. The molecule has 0 atom stereocenters. The summed E-state index contributed by atoms with van der Waals surface area (Å²) in [6.45, 7) is 3.88. The van der Waals surface area contributed by atoms with Gasteiger partial charge in [0.2, 0.25) is 0 Å². The van der Waals surface area contributed by atoms with Gasteiger partial charge >= 0.3 is 0 Å². The molecule has 1 aromatic carbocycles. The summed E-state index contributed by atoms with van der Waals surface area (Å²) >= 11 is 9.69. The first-order valence-electron chi connectivity index (χ1n) is 5.30. The number of H-pyrrole nitrogens is 1. The monoisotopic (exact) mass is 329 g/mol. The Labute approximate surface area is 119 Å². The van der Waals surface area contributed by atoms with Gasteiger partial charge < -0.3 is 10.5 Å². The maximum atomic E-state index is 6.28. The molecule has 0 spiro atoms. The number of nitrogens with zero attached hydrogens (tertiary/aromatic N) is 1. The molecule has 1 heterocycles. The van der Waals surface area contributed by atoms with Gasteiger partial charge in [-0.3, -0.25) is 5.10 Å². The van der Waals surface area contributed by atoms with Crippen molar-refractivity contribution in [2.75, 3.05) is 12.8 Å². The Balaban J connectivity index is 2.78. The van der Waals surface area contributed by atoms with E-state index in [1.165, 1.54) is 0 Å². The van der Waals surface area contributed by atoms with Crippen LogP contribution in [-0.4, -0.2) is 17.3 Å². The Kier molecular flexibility index (Phi) is 3.54. The number of nitrogen functional groups attached to an aromatic ring is 1. The van der Waals surface area contributed by atoms with Gasteiger partial charge in [-0.05, 0) is 47.0 Å². The third-order valence-electron chi connectivity index (χ3n) is 2.85. The summed E-state index contributed by atoms with van der Waals surface area (Å²) in [5, 5.41) is 7.57. The molecule has 0 unspecified atom stereocenters. The summed E-state index contributed by atoms with van der Waals surface area (Å²) in [5.74, 6) is 1.14. The van der Waals surface area contributed by atoms with Crippen molar-refractivity contribution in [3.8, 4) is 17.0 Å². The number of aromatic nitrogens is 2. The fourth-order valence-corrected chi connectivity index (χ4v) is 2.43. The highest BCUT2D eigenvalue weighted by Crippen LogP contribution is 2.41. The number of rotatable bonds is 2. The van der Waals surface area contributed by atoms with Crippen molar-refractivity contribution in [3.63, 3.8) is 0 Å². The van der Waals surface area contributed by atoms with Crippen molar-refractivity contribution in [2.24, 2.45) is 0 Å². The smallest absolute Gasteiger partial charge is 0.160 e. The summed E-state index contributed by atoms with van der Waals surface area (Å²) in [6.07, 6.45) is 0. The normalized spacial score (nSPS) is 10.7. The van der Waals surface area contributed by atoms with Crippen molar-refractivity contribution in [3.05, 3.63) is 26.7 Å². The summed E-state index contributed by atoms with van der Waals surface area (Å²) in [5.41, 5.74) is 9.26. The number of hydrogen-bond acceptors (Lipinski definition) is 3. The van der Waals surface area contributed by atoms with Crippen LogP contribution in [0.3, 0.4) is 0 Å². The second kappa shape index (κ2) is 4.82. The lowest BCUT2D eigenvalue weighted by Gasteiger charge is -2.14. The lowest BCUT2D eigenvalue weighted by atomic mass is 10.0. The number of aryl methyl sites for hydroxylation is 1. The van der Waals surface area contributed by atoms with Gasteiger partial charge in [0.1, 0.15) is 5.75 Å². The lowest BCUT2D eigenvalue weighted by Crippen LogP contribution is -1.95. The van der Waals surface area contributed by atoms with Crippen molar-refractivity contribution in [1.29, 1.82) is 0 Å². The number of anilines is 1. The summed E-state index contributed by atoms with van der Waals surface area (Å²) < 4.78 is 6.12. The zero-order chi connectivity index (χ0) is 13.4. The lowest BCUT2D eigenvalue weighted by molar-refractivity contribution is 0.415. The molecular formula is C12H13BrClN3O. The number of aromatic amines is 1. The van der Waals surface area contributed by atoms with Crippen LogP contribution in [-0.2, 0) is 0 Å². The first kappa shape index (κ1) is 13.2. The highest BCUT2D eigenvalue weighted by molar-refractivity contribution is 9.10. The van der Waals surface area contributed by atoms with E-state index in [-0.39, 0.29) is 0 Å². The van der Waals surface area contributed by atoms with Crippen LogP contribution in [0.25, 0.3) is 11.3 Å². The van der Waals surface area contributed by atoms with Crippen LogP contribution in [0.1, 0.15) is 11.1 Å². The number of nitrogens with two attached hydrogens (primary N) is 1. The standard InChI is InChI=1S/C12H13BrClN3O/c1-5-4-7(18-3)8(6(2)10(5)14)11-9(13)12(15)17-16-11/h4H,1-3H3,(H3,15,16,17). The van der Waals surface area contributed by atoms with E-state index in [4.69, 9.17) is 22.1 Å². The maximum Gasteiger partial charge on any atom is 0.160 e. The van der Waals surface area contributed by atoms with Crippen LogP contribution in [0.2, 0.25) is 5.02 Å². The highest BCUT2D eigenvalue weighted by Gasteiger charge is 2.19. The summed E-state index contributed by atoms with van der Waals surface area (Å²) in [4.78, 5) is 0. The van der Waals surface area contributed by atoms with Crippen LogP contribution >= 0.6 is 27.5 Å². The van der Waals surface area contributed by atoms with Gasteiger partial charge in [0.05, 0.1) is 17.3 Å². The van der Waals surface area contributed by atoms with Gasteiger partial charge in [0, 0.05) is 10.6 Å². The maximum absolute atomic E-state index is 6.28. The number of hydrogen-bond donors (Lipinski definition) is 2. The van der Waals surface area contributed by atoms with Crippen molar-refractivity contribution in [1.82, 2.24) is 10.2 Å². The Morgan fingerprint density at radius 3 is 2.61 bits per heavy atom. The van der Waals surface area contributed by atoms with E-state index in [9.17, 15) is 0 Å². The van der Waals surface area contributed by atoms with Crippen LogP contribution in [0.4, 0.5) is 5.82 Å². The molecule has 0 saturated heterocycles. The Morgan fingerprint density at radius 1 is 1.44 bits per heavy atom. The van der Waals surface area contributed by atoms with Crippen LogP contribution in [0.5, 0.6) is 5.75 Å². The number of benzene rings is 1. The number of halogens is 2. The molecule has 2 rings (SSSR count). The van der Waals surface area contributed by atoms with Gasteiger partial charge in [-0.1, -0.05) is 11.6 Å². The van der Waals surface area contributed by atoms with E-state index in [1.54, 1.807) is 7.11 Å². The second-order valence-electron chi connectivity index (χ2n) is 4.01. The van der Waals surface area contributed by atoms with E-state index in [1.807, 2.05) is 19.9 Å². The molecule has 0 amide bonds. The van der Waals surface area contributed by atoms with Crippen LogP contribution in [0, 0.1) is 13.8 Å². The quantitative estimate of drug-likeness (QED) is 0.882. The van der Waals surface area contributed by atoms with Gasteiger partial charge in [0.15, 0.2) is 5.82 Å².